The van der Waals surface area contributed by atoms with Crippen LogP contribution in [0.1, 0.15) is 39.0 Å². The fourth-order valence-electron chi connectivity index (χ4n) is 2.83. The van der Waals surface area contributed by atoms with E-state index >= 15 is 0 Å². The average Bonchev–Trinajstić information content (AvgIpc) is 2.32. The summed E-state index contributed by atoms with van der Waals surface area (Å²) >= 11 is 0. The Balaban J connectivity index is 1.45. The molecule has 1 unspecified atom stereocenters. The molecule has 17 heavy (non-hydrogen) atoms. The minimum Gasteiger partial charge on any atom is -0.317 e. The summed E-state index contributed by atoms with van der Waals surface area (Å²) < 4.78 is 0. The van der Waals surface area contributed by atoms with Gasteiger partial charge in [0, 0.05) is 32.2 Å². The van der Waals surface area contributed by atoms with Crippen LogP contribution in [-0.2, 0) is 0 Å². The Morgan fingerprint density at radius 3 is 2.65 bits per heavy atom. The third kappa shape index (κ3) is 4.57. The summed E-state index contributed by atoms with van der Waals surface area (Å²) in [5.41, 5.74) is 0. The molecule has 1 saturated carbocycles. The van der Waals surface area contributed by atoms with Crippen LogP contribution in [0.4, 0.5) is 0 Å². The molecule has 1 heterocycles. The Morgan fingerprint density at radius 2 is 2.00 bits per heavy atom. The van der Waals surface area contributed by atoms with Gasteiger partial charge in [0.15, 0.2) is 0 Å². The second kappa shape index (κ2) is 7.34. The molecule has 2 N–H and O–H groups in total. The van der Waals surface area contributed by atoms with Gasteiger partial charge >= 0.3 is 0 Å². The molecule has 100 valence electrons. The van der Waals surface area contributed by atoms with Crippen LogP contribution in [0.3, 0.4) is 0 Å². The first-order valence-electron chi connectivity index (χ1n) is 7.52. The van der Waals surface area contributed by atoms with Crippen molar-refractivity contribution in [2.24, 2.45) is 5.92 Å². The van der Waals surface area contributed by atoms with Crippen LogP contribution >= 0.6 is 0 Å². The molecular weight excluding hydrogens is 210 g/mol. The highest BCUT2D eigenvalue weighted by atomic mass is 15.2. The summed E-state index contributed by atoms with van der Waals surface area (Å²) in [4.78, 5) is 2.62. The largest absolute Gasteiger partial charge is 0.317 e. The first-order chi connectivity index (χ1) is 8.36. The Kier molecular flexibility index (Phi) is 5.75. The van der Waals surface area contributed by atoms with Gasteiger partial charge in [-0.05, 0) is 38.8 Å². The fraction of sp³-hybridized carbons (Fsp3) is 1.00. The van der Waals surface area contributed by atoms with Crippen molar-refractivity contribution in [1.82, 2.24) is 15.5 Å². The van der Waals surface area contributed by atoms with E-state index in [9.17, 15) is 0 Å². The summed E-state index contributed by atoms with van der Waals surface area (Å²) in [6.07, 6.45) is 7.15. The summed E-state index contributed by atoms with van der Waals surface area (Å²) in [5.74, 6) is 1.05. The molecule has 0 aromatic carbocycles. The molecule has 0 aromatic rings. The van der Waals surface area contributed by atoms with E-state index in [1.807, 2.05) is 0 Å². The predicted octanol–water partition coefficient (Wildman–Crippen LogP) is 1.45. The number of hydrogen-bond acceptors (Lipinski definition) is 3. The number of piperazine rings is 1. The van der Waals surface area contributed by atoms with Crippen molar-refractivity contribution in [3.8, 4) is 0 Å². The molecular formula is C14H29N3. The van der Waals surface area contributed by atoms with Gasteiger partial charge in [0.25, 0.3) is 0 Å². The Bertz CT molecular complexity index is 198. The first kappa shape index (κ1) is 13.3. The standard InChI is InChI=1S/C14H29N3/c1-13(17-11-9-16-10-12-17)5-7-15-8-6-14-3-2-4-14/h13-16H,2-12H2,1H3. The van der Waals surface area contributed by atoms with E-state index in [1.165, 1.54) is 71.4 Å². The second-order valence-corrected chi connectivity index (χ2v) is 5.76. The van der Waals surface area contributed by atoms with Crippen LogP contribution in [0.5, 0.6) is 0 Å². The van der Waals surface area contributed by atoms with Crippen molar-refractivity contribution in [3.05, 3.63) is 0 Å². The van der Waals surface area contributed by atoms with Crippen molar-refractivity contribution in [1.29, 1.82) is 0 Å². The minimum atomic E-state index is 0.744. The van der Waals surface area contributed by atoms with E-state index in [1.54, 1.807) is 0 Å². The van der Waals surface area contributed by atoms with Crippen LogP contribution in [0.15, 0.2) is 0 Å². The van der Waals surface area contributed by atoms with Gasteiger partial charge in [0.1, 0.15) is 0 Å². The van der Waals surface area contributed by atoms with Crippen LogP contribution in [0.25, 0.3) is 0 Å². The van der Waals surface area contributed by atoms with Gasteiger partial charge in [-0.2, -0.15) is 0 Å². The smallest absolute Gasteiger partial charge is 0.0110 e. The maximum atomic E-state index is 3.61. The normalized spacial score (nSPS) is 24.5. The van der Waals surface area contributed by atoms with E-state index in [0.29, 0.717) is 0 Å². The van der Waals surface area contributed by atoms with Gasteiger partial charge < -0.3 is 10.6 Å². The lowest BCUT2D eigenvalue weighted by Crippen LogP contribution is -2.48. The summed E-state index contributed by atoms with van der Waals surface area (Å²) in [6, 6.07) is 0.744. The monoisotopic (exact) mass is 239 g/mol. The molecule has 0 aromatic heterocycles. The highest BCUT2D eigenvalue weighted by molar-refractivity contribution is 4.74. The maximum Gasteiger partial charge on any atom is 0.0110 e. The third-order valence-corrected chi connectivity index (χ3v) is 4.47. The van der Waals surface area contributed by atoms with E-state index in [0.717, 1.165) is 12.0 Å². The molecule has 0 spiro atoms. The SMILES string of the molecule is CC(CCNCCC1CCC1)N1CCNCC1. The first-order valence-corrected chi connectivity index (χ1v) is 7.52. The van der Waals surface area contributed by atoms with Crippen LogP contribution in [0, 0.1) is 5.92 Å². The highest BCUT2D eigenvalue weighted by Crippen LogP contribution is 2.28. The zero-order valence-electron chi connectivity index (χ0n) is 11.4. The van der Waals surface area contributed by atoms with Gasteiger partial charge in [-0.25, -0.2) is 0 Å². The molecule has 2 aliphatic rings. The third-order valence-electron chi connectivity index (χ3n) is 4.47. The molecule has 2 fully saturated rings. The molecule has 3 nitrogen and oxygen atoms in total. The van der Waals surface area contributed by atoms with Crippen molar-refractivity contribution in [2.75, 3.05) is 39.3 Å². The summed E-state index contributed by atoms with van der Waals surface area (Å²) in [7, 11) is 0. The molecule has 0 amide bonds. The van der Waals surface area contributed by atoms with Gasteiger partial charge in [0.05, 0.1) is 0 Å². The van der Waals surface area contributed by atoms with E-state index in [2.05, 4.69) is 22.5 Å². The zero-order valence-corrected chi connectivity index (χ0v) is 11.4. The van der Waals surface area contributed by atoms with Crippen molar-refractivity contribution in [2.45, 2.75) is 45.1 Å². The summed E-state index contributed by atoms with van der Waals surface area (Å²) in [6.45, 7) is 9.58. The topological polar surface area (TPSA) is 27.3 Å². The van der Waals surface area contributed by atoms with Crippen LogP contribution in [-0.4, -0.2) is 50.2 Å². The lowest BCUT2D eigenvalue weighted by atomic mass is 9.83. The quantitative estimate of drug-likeness (QED) is 0.659. The lowest BCUT2D eigenvalue weighted by molar-refractivity contribution is 0.175. The lowest BCUT2D eigenvalue weighted by Gasteiger charge is -2.33. The number of hydrogen-bond donors (Lipinski definition) is 2. The highest BCUT2D eigenvalue weighted by Gasteiger charge is 2.17. The van der Waals surface area contributed by atoms with Crippen molar-refractivity contribution < 1.29 is 0 Å². The second-order valence-electron chi connectivity index (χ2n) is 5.76. The van der Waals surface area contributed by atoms with Gasteiger partial charge in [-0.1, -0.05) is 19.3 Å². The minimum absolute atomic E-state index is 0.744. The molecule has 3 heteroatoms. The molecule has 1 aliphatic carbocycles. The summed E-state index contributed by atoms with van der Waals surface area (Å²) in [5, 5.41) is 7.03. The van der Waals surface area contributed by atoms with E-state index in [4.69, 9.17) is 0 Å². The molecule has 1 aliphatic heterocycles. The van der Waals surface area contributed by atoms with Gasteiger partial charge in [-0.3, -0.25) is 4.90 Å². The molecule has 0 bridgehead atoms. The van der Waals surface area contributed by atoms with Crippen LogP contribution < -0.4 is 10.6 Å². The number of rotatable bonds is 7. The fourth-order valence-corrected chi connectivity index (χ4v) is 2.83. The van der Waals surface area contributed by atoms with Crippen molar-refractivity contribution in [3.63, 3.8) is 0 Å². The number of nitrogens with zero attached hydrogens (tertiary/aromatic N) is 1. The van der Waals surface area contributed by atoms with Gasteiger partial charge in [0.2, 0.25) is 0 Å². The van der Waals surface area contributed by atoms with Crippen LogP contribution in [0.2, 0.25) is 0 Å². The predicted molar refractivity (Wildman–Crippen MR) is 73.3 cm³/mol. The van der Waals surface area contributed by atoms with Gasteiger partial charge in [-0.15, -0.1) is 0 Å². The van der Waals surface area contributed by atoms with E-state index in [-0.39, 0.29) is 0 Å². The molecule has 1 atom stereocenters. The average molecular weight is 239 g/mol. The Morgan fingerprint density at radius 1 is 1.24 bits per heavy atom. The molecule has 0 radical (unpaired) electrons. The molecule has 2 rings (SSSR count). The maximum absolute atomic E-state index is 3.61. The van der Waals surface area contributed by atoms with Crippen molar-refractivity contribution >= 4 is 0 Å². The number of nitrogens with one attached hydrogen (secondary N) is 2. The Labute approximate surface area is 106 Å². The zero-order chi connectivity index (χ0) is 11.9. The van der Waals surface area contributed by atoms with E-state index < -0.39 is 0 Å². The molecule has 1 saturated heterocycles. The Hall–Kier alpha value is -0.120.